The Hall–Kier alpha value is -1.42. The van der Waals surface area contributed by atoms with E-state index < -0.39 is 0 Å². The molecular weight excluding hydrogens is 360 g/mol. The molecule has 1 saturated carbocycles. The number of unbranched alkanes of at least 4 members (excludes halogenated alkanes) is 5. The van der Waals surface area contributed by atoms with Crippen LogP contribution in [0.2, 0.25) is 0 Å². The molecule has 1 rings (SSSR count). The number of amides is 1. The van der Waals surface area contributed by atoms with Crippen molar-refractivity contribution < 1.29 is 9.59 Å². The smallest absolute Gasteiger partial charge is 0.220 e. The van der Waals surface area contributed by atoms with Gasteiger partial charge in [0.05, 0.1) is 0 Å². The zero-order chi connectivity index (χ0) is 21.3. The van der Waals surface area contributed by atoms with Crippen LogP contribution < -0.4 is 5.32 Å². The molecule has 0 saturated heterocycles. The first kappa shape index (κ1) is 25.6. The molecule has 29 heavy (non-hydrogen) atoms. The average molecular weight is 405 g/mol. The second-order valence-electron chi connectivity index (χ2n) is 8.66. The maximum atomic E-state index is 12.2. The van der Waals surface area contributed by atoms with Gasteiger partial charge in [0.25, 0.3) is 0 Å². The van der Waals surface area contributed by atoms with E-state index in [0.29, 0.717) is 18.1 Å². The summed E-state index contributed by atoms with van der Waals surface area (Å²) in [6.45, 7) is 3.99. The Labute approximate surface area is 179 Å². The number of hydrogen-bond donors (Lipinski definition) is 1. The van der Waals surface area contributed by atoms with Gasteiger partial charge in [-0.1, -0.05) is 50.5 Å². The van der Waals surface area contributed by atoms with Crippen LogP contribution in [0.25, 0.3) is 0 Å². The maximum Gasteiger partial charge on any atom is 0.220 e. The van der Waals surface area contributed by atoms with Crippen LogP contribution in [-0.4, -0.2) is 43.8 Å². The van der Waals surface area contributed by atoms with Crippen molar-refractivity contribution in [2.45, 2.75) is 84.0 Å². The summed E-state index contributed by atoms with van der Waals surface area (Å²) in [5.41, 5.74) is 0. The molecule has 1 fully saturated rings. The minimum atomic E-state index is 0.146. The van der Waals surface area contributed by atoms with Gasteiger partial charge < -0.3 is 10.2 Å². The standard InChI is InChI=1S/C25H44N2O2/c1-4-5-6-7-8-11-15-22-18-19-24(28)23(22)16-12-9-10-13-17-25(29)26-20-14-21-27(2)3/h9,11-12,15,22-23H,4-8,10,13-14,16-21H2,1-3H3,(H,26,29)/b12-9-,15-11+/t22-,23+/m0/s1. The predicted octanol–water partition coefficient (Wildman–Crippen LogP) is 5.29. The number of nitrogens with zero attached hydrogens (tertiary/aromatic N) is 1. The van der Waals surface area contributed by atoms with Gasteiger partial charge in [-0.15, -0.1) is 0 Å². The van der Waals surface area contributed by atoms with E-state index in [0.717, 1.165) is 58.0 Å². The summed E-state index contributed by atoms with van der Waals surface area (Å²) >= 11 is 0. The Morgan fingerprint density at radius 3 is 2.62 bits per heavy atom. The highest BCUT2D eigenvalue weighted by molar-refractivity contribution is 5.83. The van der Waals surface area contributed by atoms with Crippen LogP contribution in [0.5, 0.6) is 0 Å². The summed E-state index contributed by atoms with van der Waals surface area (Å²) in [7, 11) is 4.08. The number of Topliss-reactive ketones (excluding diaryl/α,β-unsaturated/α-hetero) is 1. The molecule has 0 aromatic rings. The van der Waals surface area contributed by atoms with E-state index in [-0.39, 0.29) is 11.8 Å². The number of rotatable bonds is 16. The molecule has 0 unspecified atom stereocenters. The molecule has 0 heterocycles. The Kier molecular flexibility index (Phi) is 14.5. The number of nitrogens with one attached hydrogen (secondary N) is 1. The van der Waals surface area contributed by atoms with Crippen molar-refractivity contribution in [2.24, 2.45) is 11.8 Å². The van der Waals surface area contributed by atoms with E-state index in [1.807, 2.05) is 14.1 Å². The quantitative estimate of drug-likeness (QED) is 0.281. The van der Waals surface area contributed by atoms with E-state index in [9.17, 15) is 9.59 Å². The second kappa shape index (κ2) is 16.4. The highest BCUT2D eigenvalue weighted by Gasteiger charge is 2.31. The van der Waals surface area contributed by atoms with Crippen molar-refractivity contribution in [2.75, 3.05) is 27.2 Å². The Morgan fingerprint density at radius 2 is 1.86 bits per heavy atom. The predicted molar refractivity (Wildman–Crippen MR) is 123 cm³/mol. The van der Waals surface area contributed by atoms with Crippen molar-refractivity contribution >= 4 is 11.7 Å². The molecule has 4 heteroatoms. The van der Waals surface area contributed by atoms with Gasteiger partial charge in [-0.3, -0.25) is 9.59 Å². The van der Waals surface area contributed by atoms with Crippen LogP contribution in [0.1, 0.15) is 84.0 Å². The zero-order valence-electron chi connectivity index (χ0n) is 19.1. The topological polar surface area (TPSA) is 49.4 Å². The van der Waals surface area contributed by atoms with Crippen LogP contribution in [-0.2, 0) is 9.59 Å². The number of ketones is 1. The first-order valence-electron chi connectivity index (χ1n) is 11.8. The number of hydrogen-bond acceptors (Lipinski definition) is 3. The fourth-order valence-electron chi connectivity index (χ4n) is 3.88. The third-order valence-corrected chi connectivity index (χ3v) is 5.70. The first-order chi connectivity index (χ1) is 14.0. The van der Waals surface area contributed by atoms with Crippen molar-refractivity contribution in [1.29, 1.82) is 0 Å². The fraction of sp³-hybridized carbons (Fsp3) is 0.760. The van der Waals surface area contributed by atoms with E-state index in [2.05, 4.69) is 41.4 Å². The Balaban J connectivity index is 2.16. The van der Waals surface area contributed by atoms with E-state index in [1.165, 1.54) is 25.7 Å². The van der Waals surface area contributed by atoms with Gasteiger partial charge in [0.2, 0.25) is 5.91 Å². The van der Waals surface area contributed by atoms with Gasteiger partial charge >= 0.3 is 0 Å². The van der Waals surface area contributed by atoms with Gasteiger partial charge in [0.1, 0.15) is 5.78 Å². The monoisotopic (exact) mass is 404 g/mol. The summed E-state index contributed by atoms with van der Waals surface area (Å²) in [5, 5.41) is 2.98. The summed E-state index contributed by atoms with van der Waals surface area (Å²) in [6, 6.07) is 0. The molecule has 1 amide bonds. The minimum absolute atomic E-state index is 0.146. The molecule has 2 atom stereocenters. The van der Waals surface area contributed by atoms with Crippen LogP contribution in [0.4, 0.5) is 0 Å². The zero-order valence-corrected chi connectivity index (χ0v) is 19.1. The van der Waals surface area contributed by atoms with Crippen LogP contribution in [0, 0.1) is 11.8 Å². The lowest BCUT2D eigenvalue weighted by Gasteiger charge is -2.12. The van der Waals surface area contributed by atoms with Crippen LogP contribution in [0.3, 0.4) is 0 Å². The largest absolute Gasteiger partial charge is 0.356 e. The number of allylic oxidation sites excluding steroid dienone is 4. The third kappa shape index (κ3) is 12.7. The molecule has 1 aliphatic carbocycles. The third-order valence-electron chi connectivity index (χ3n) is 5.70. The fourth-order valence-corrected chi connectivity index (χ4v) is 3.88. The number of carbonyl (C=O) groups excluding carboxylic acids is 2. The van der Waals surface area contributed by atoms with E-state index >= 15 is 0 Å². The molecule has 0 bridgehead atoms. The molecular formula is C25H44N2O2. The summed E-state index contributed by atoms with van der Waals surface area (Å²) < 4.78 is 0. The molecule has 0 aromatic heterocycles. The van der Waals surface area contributed by atoms with Crippen molar-refractivity contribution in [1.82, 2.24) is 10.2 Å². The molecule has 4 nitrogen and oxygen atoms in total. The lowest BCUT2D eigenvalue weighted by atomic mass is 9.91. The number of carbonyl (C=O) groups is 2. The van der Waals surface area contributed by atoms with Gasteiger partial charge in [-0.25, -0.2) is 0 Å². The molecule has 0 radical (unpaired) electrons. The second-order valence-corrected chi connectivity index (χ2v) is 8.66. The molecule has 0 spiro atoms. The average Bonchev–Trinajstić information content (AvgIpc) is 3.04. The van der Waals surface area contributed by atoms with Gasteiger partial charge in [0.15, 0.2) is 0 Å². The molecule has 1 aliphatic rings. The molecule has 0 aliphatic heterocycles. The maximum absolute atomic E-state index is 12.2. The molecule has 0 aromatic carbocycles. The van der Waals surface area contributed by atoms with E-state index in [4.69, 9.17) is 0 Å². The van der Waals surface area contributed by atoms with Crippen molar-refractivity contribution in [3.05, 3.63) is 24.3 Å². The molecule has 1 N–H and O–H groups in total. The lowest BCUT2D eigenvalue weighted by molar-refractivity contribution is -0.121. The molecule has 166 valence electrons. The highest BCUT2D eigenvalue weighted by atomic mass is 16.1. The lowest BCUT2D eigenvalue weighted by Crippen LogP contribution is -2.26. The van der Waals surface area contributed by atoms with Gasteiger partial charge in [-0.2, -0.15) is 0 Å². The normalized spacial score (nSPS) is 19.8. The highest BCUT2D eigenvalue weighted by Crippen LogP contribution is 2.33. The van der Waals surface area contributed by atoms with Gasteiger partial charge in [0, 0.05) is 25.3 Å². The summed E-state index contributed by atoms with van der Waals surface area (Å²) in [5.74, 6) is 1.16. The minimum Gasteiger partial charge on any atom is -0.356 e. The SMILES string of the molecule is CCCCCC/C=C/[C@H]1CCC(=O)[C@@H]1C/C=C\CCCC(=O)NCCCN(C)C. The first-order valence-corrected chi connectivity index (χ1v) is 11.8. The summed E-state index contributed by atoms with van der Waals surface area (Å²) in [4.78, 5) is 26.1. The van der Waals surface area contributed by atoms with Crippen LogP contribution >= 0.6 is 0 Å². The van der Waals surface area contributed by atoms with E-state index in [1.54, 1.807) is 0 Å². The summed E-state index contributed by atoms with van der Waals surface area (Å²) in [6.07, 6.45) is 21.2. The Morgan fingerprint density at radius 1 is 1.07 bits per heavy atom. The van der Waals surface area contributed by atoms with Crippen molar-refractivity contribution in [3.63, 3.8) is 0 Å². The van der Waals surface area contributed by atoms with Crippen molar-refractivity contribution in [3.8, 4) is 0 Å². The van der Waals surface area contributed by atoms with Gasteiger partial charge in [-0.05, 0) is 71.5 Å². The Bertz CT molecular complexity index is 511. The van der Waals surface area contributed by atoms with Crippen LogP contribution in [0.15, 0.2) is 24.3 Å².